The summed E-state index contributed by atoms with van der Waals surface area (Å²) in [5, 5.41) is 3.21. The van der Waals surface area contributed by atoms with Gasteiger partial charge in [-0.15, -0.1) is 0 Å². The largest absolute Gasteiger partial charge is 0.491 e. The lowest BCUT2D eigenvalue weighted by atomic mass is 10.2. The number of carbonyl (C=O) groups excluding carboxylic acids is 1. The third kappa shape index (κ3) is 3.86. The molecule has 0 spiro atoms. The topological polar surface area (TPSA) is 77.2 Å². The molecule has 0 saturated heterocycles. The van der Waals surface area contributed by atoms with Crippen LogP contribution in [0.25, 0.3) is 0 Å². The predicted octanol–water partition coefficient (Wildman–Crippen LogP) is 3.73. The van der Waals surface area contributed by atoms with Crippen LogP contribution in [-0.4, -0.2) is 17.5 Å². The first-order valence-corrected chi connectivity index (χ1v) is 7.33. The number of anilines is 2. The predicted molar refractivity (Wildman–Crippen MR) is 86.9 cm³/mol. The number of ether oxygens (including phenoxy) is 1. The Morgan fingerprint density at radius 3 is 2.86 bits per heavy atom. The molecule has 0 aliphatic heterocycles. The zero-order valence-corrected chi connectivity index (χ0v) is 13.5. The first-order valence-electron chi connectivity index (χ1n) is 6.16. The molecule has 0 aliphatic rings. The van der Waals surface area contributed by atoms with Crippen LogP contribution in [0.4, 0.5) is 11.4 Å². The van der Waals surface area contributed by atoms with E-state index in [2.05, 4.69) is 26.2 Å². The number of nitrogens with zero attached hydrogens (tertiary/aromatic N) is 1. The molecule has 7 heteroatoms. The number of nitrogens with one attached hydrogen (secondary N) is 1. The minimum absolute atomic E-state index is 0.253. The fourth-order valence-corrected chi connectivity index (χ4v) is 2.59. The van der Waals surface area contributed by atoms with Crippen LogP contribution in [0.1, 0.15) is 17.4 Å². The van der Waals surface area contributed by atoms with Gasteiger partial charge in [0.15, 0.2) is 5.75 Å². The Morgan fingerprint density at radius 2 is 2.24 bits per heavy atom. The minimum Gasteiger partial charge on any atom is -0.491 e. The number of nitrogen functional groups attached to an aromatic ring is 1. The van der Waals surface area contributed by atoms with Crippen LogP contribution >= 0.6 is 27.5 Å². The average Bonchev–Trinajstić information content (AvgIpc) is 2.43. The van der Waals surface area contributed by atoms with Crippen LogP contribution < -0.4 is 15.8 Å². The van der Waals surface area contributed by atoms with Crippen LogP contribution in [0.3, 0.4) is 0 Å². The van der Waals surface area contributed by atoms with Gasteiger partial charge >= 0.3 is 0 Å². The molecule has 21 heavy (non-hydrogen) atoms. The maximum Gasteiger partial charge on any atom is 0.274 e. The number of benzene rings is 1. The monoisotopic (exact) mass is 369 g/mol. The normalized spacial score (nSPS) is 10.2. The molecule has 0 atom stereocenters. The van der Waals surface area contributed by atoms with Crippen LogP contribution in [0.15, 0.2) is 34.9 Å². The van der Waals surface area contributed by atoms with E-state index in [0.717, 1.165) is 0 Å². The molecule has 0 bridgehead atoms. The summed E-state index contributed by atoms with van der Waals surface area (Å²) in [6, 6.07) is 6.47. The molecular formula is C14H13BrClN3O2. The summed E-state index contributed by atoms with van der Waals surface area (Å²) in [7, 11) is 0. The SMILES string of the molecule is CCOc1c(Br)cc(Cl)cc1NC(=O)c1ccc(N)cn1. The highest BCUT2D eigenvalue weighted by Crippen LogP contribution is 2.36. The van der Waals surface area contributed by atoms with Crippen molar-refractivity contribution in [2.75, 3.05) is 17.7 Å². The maximum absolute atomic E-state index is 12.2. The van der Waals surface area contributed by atoms with Crippen LogP contribution in [0, 0.1) is 0 Å². The number of hydrogen-bond donors (Lipinski definition) is 2. The van der Waals surface area contributed by atoms with Crippen molar-refractivity contribution in [3.05, 3.63) is 45.7 Å². The second-order valence-corrected chi connectivity index (χ2v) is 5.42. The molecule has 2 aromatic rings. The molecule has 0 radical (unpaired) electrons. The summed E-state index contributed by atoms with van der Waals surface area (Å²) in [5.74, 6) is 0.149. The van der Waals surface area contributed by atoms with Gasteiger partial charge in [0.05, 0.1) is 28.7 Å². The highest BCUT2D eigenvalue weighted by molar-refractivity contribution is 9.10. The van der Waals surface area contributed by atoms with E-state index < -0.39 is 0 Å². The molecule has 3 N–H and O–H groups in total. The summed E-state index contributed by atoms with van der Waals surface area (Å²) in [4.78, 5) is 16.1. The van der Waals surface area contributed by atoms with Gasteiger partial charge in [-0.1, -0.05) is 11.6 Å². The number of hydrogen-bond acceptors (Lipinski definition) is 4. The summed E-state index contributed by atoms with van der Waals surface area (Å²) >= 11 is 9.37. The second kappa shape index (κ2) is 6.78. The van der Waals surface area contributed by atoms with Gasteiger partial charge in [0, 0.05) is 5.02 Å². The molecule has 0 saturated carbocycles. The highest BCUT2D eigenvalue weighted by atomic mass is 79.9. The van der Waals surface area contributed by atoms with E-state index in [4.69, 9.17) is 22.1 Å². The minimum atomic E-state index is -0.370. The number of rotatable bonds is 4. The van der Waals surface area contributed by atoms with Gasteiger partial charge in [-0.2, -0.15) is 0 Å². The summed E-state index contributed by atoms with van der Waals surface area (Å²) in [6.07, 6.45) is 1.42. The second-order valence-electron chi connectivity index (χ2n) is 4.13. The van der Waals surface area contributed by atoms with E-state index in [1.807, 2.05) is 6.92 Å². The van der Waals surface area contributed by atoms with Crippen LogP contribution in [0.5, 0.6) is 5.75 Å². The van der Waals surface area contributed by atoms with Crippen molar-refractivity contribution in [1.29, 1.82) is 0 Å². The Labute approximate surface area is 135 Å². The van der Waals surface area contributed by atoms with Gasteiger partial charge < -0.3 is 15.8 Å². The lowest BCUT2D eigenvalue weighted by Gasteiger charge is -2.13. The molecule has 0 unspecified atom stereocenters. The lowest BCUT2D eigenvalue weighted by Crippen LogP contribution is -2.14. The molecule has 1 aromatic heterocycles. The quantitative estimate of drug-likeness (QED) is 0.859. The molecule has 5 nitrogen and oxygen atoms in total. The number of pyridine rings is 1. The molecule has 0 aliphatic carbocycles. The van der Waals surface area contributed by atoms with Crippen molar-refractivity contribution in [1.82, 2.24) is 4.98 Å². The maximum atomic E-state index is 12.2. The Balaban J connectivity index is 2.29. The van der Waals surface area contributed by atoms with E-state index in [1.54, 1.807) is 24.3 Å². The Hall–Kier alpha value is -1.79. The number of halogens is 2. The van der Waals surface area contributed by atoms with Crippen LogP contribution in [0.2, 0.25) is 5.02 Å². The number of carbonyl (C=O) groups is 1. The third-order valence-electron chi connectivity index (χ3n) is 2.56. The fourth-order valence-electron chi connectivity index (χ4n) is 1.67. The zero-order chi connectivity index (χ0) is 15.4. The van der Waals surface area contributed by atoms with E-state index in [0.29, 0.717) is 33.2 Å². The van der Waals surface area contributed by atoms with Crippen molar-refractivity contribution < 1.29 is 9.53 Å². The van der Waals surface area contributed by atoms with Gasteiger partial charge in [-0.3, -0.25) is 4.79 Å². The Kier molecular flexibility index (Phi) is 5.03. The van der Waals surface area contributed by atoms with E-state index in [-0.39, 0.29) is 11.6 Å². The number of amides is 1. The first-order chi connectivity index (χ1) is 10.0. The van der Waals surface area contributed by atoms with Crippen molar-refractivity contribution >= 4 is 44.8 Å². The van der Waals surface area contributed by atoms with E-state index >= 15 is 0 Å². The summed E-state index contributed by atoms with van der Waals surface area (Å²) in [6.45, 7) is 2.32. The van der Waals surface area contributed by atoms with Crippen molar-refractivity contribution in [3.8, 4) is 5.75 Å². The highest BCUT2D eigenvalue weighted by Gasteiger charge is 2.14. The average molecular weight is 371 g/mol. The number of nitrogens with two attached hydrogens (primary N) is 1. The van der Waals surface area contributed by atoms with Crippen molar-refractivity contribution in [3.63, 3.8) is 0 Å². The van der Waals surface area contributed by atoms with Crippen molar-refractivity contribution in [2.45, 2.75) is 6.92 Å². The fraction of sp³-hybridized carbons (Fsp3) is 0.143. The Morgan fingerprint density at radius 1 is 1.48 bits per heavy atom. The van der Waals surface area contributed by atoms with Gasteiger partial charge in [-0.05, 0) is 47.1 Å². The molecule has 2 rings (SSSR count). The molecule has 110 valence electrons. The lowest BCUT2D eigenvalue weighted by molar-refractivity contribution is 0.102. The molecule has 1 amide bonds. The molecule has 1 heterocycles. The van der Waals surface area contributed by atoms with E-state index in [9.17, 15) is 4.79 Å². The van der Waals surface area contributed by atoms with Gasteiger partial charge in [-0.25, -0.2) is 4.98 Å². The third-order valence-corrected chi connectivity index (χ3v) is 3.37. The summed E-state index contributed by atoms with van der Waals surface area (Å²) < 4.78 is 6.18. The van der Waals surface area contributed by atoms with E-state index in [1.165, 1.54) is 6.20 Å². The first kappa shape index (κ1) is 15.6. The zero-order valence-electron chi connectivity index (χ0n) is 11.2. The Bertz CT molecular complexity index is 662. The summed E-state index contributed by atoms with van der Waals surface area (Å²) in [5.41, 5.74) is 6.76. The molecule has 1 aromatic carbocycles. The van der Waals surface area contributed by atoms with Crippen LogP contribution in [-0.2, 0) is 0 Å². The van der Waals surface area contributed by atoms with Gasteiger partial charge in [0.25, 0.3) is 5.91 Å². The van der Waals surface area contributed by atoms with Gasteiger partial charge in [0.2, 0.25) is 0 Å². The molecular weight excluding hydrogens is 358 g/mol. The van der Waals surface area contributed by atoms with Gasteiger partial charge in [0.1, 0.15) is 5.69 Å². The smallest absolute Gasteiger partial charge is 0.274 e. The standard InChI is InChI=1S/C14H13BrClN3O2/c1-2-21-13-10(15)5-8(16)6-12(13)19-14(20)11-4-3-9(17)7-18-11/h3-7H,2,17H2,1H3,(H,19,20). The van der Waals surface area contributed by atoms with Crippen molar-refractivity contribution in [2.24, 2.45) is 0 Å². The molecule has 0 fully saturated rings. The number of aromatic nitrogens is 1.